The van der Waals surface area contributed by atoms with E-state index in [1.165, 1.54) is 26.2 Å². The molecule has 3 aliphatic rings. The Bertz CT molecular complexity index is 1250. The van der Waals surface area contributed by atoms with Gasteiger partial charge < -0.3 is 59.4 Å². The minimum Gasteiger partial charge on any atom is -0.507 e. The van der Waals surface area contributed by atoms with Crippen LogP contribution >= 0.6 is 0 Å². The summed E-state index contributed by atoms with van der Waals surface area (Å²) in [5, 5.41) is 72.8. The number of aromatic hydroxyl groups is 1. The third kappa shape index (κ3) is 5.79. The van der Waals surface area contributed by atoms with Crippen LogP contribution in [0.4, 0.5) is 0 Å². The predicted octanol–water partition coefficient (Wildman–Crippen LogP) is -0.199. The molecule has 2 aromatic carbocycles. The molecule has 2 fully saturated rings. The van der Waals surface area contributed by atoms with E-state index in [1.54, 1.807) is 24.3 Å². The van der Waals surface area contributed by atoms with E-state index < -0.39 is 79.5 Å². The van der Waals surface area contributed by atoms with Crippen LogP contribution in [0.25, 0.3) is 0 Å². The number of phenols is 1. The van der Waals surface area contributed by atoms with Gasteiger partial charge in [0.15, 0.2) is 5.78 Å². The van der Waals surface area contributed by atoms with Gasteiger partial charge in [-0.15, -0.1) is 0 Å². The summed E-state index contributed by atoms with van der Waals surface area (Å²) in [6.07, 6.45) is -12.7. The number of rotatable bonds is 7. The number of methoxy groups -OCH3 is 1. The Morgan fingerprint density at radius 1 is 0.881 bits per heavy atom. The quantitative estimate of drug-likeness (QED) is 0.223. The number of ether oxygens (including phenoxy) is 5. The molecule has 0 aromatic heterocycles. The Morgan fingerprint density at radius 2 is 1.57 bits per heavy atom. The maximum absolute atomic E-state index is 13.0. The van der Waals surface area contributed by atoms with Gasteiger partial charge in [0.1, 0.15) is 65.2 Å². The number of hydrogen-bond acceptors (Lipinski definition) is 13. The predicted molar refractivity (Wildman–Crippen MR) is 142 cm³/mol. The highest BCUT2D eigenvalue weighted by Gasteiger charge is 2.50. The molecule has 3 heterocycles. The number of benzene rings is 2. The van der Waals surface area contributed by atoms with E-state index in [-0.39, 0.29) is 35.7 Å². The molecule has 3 aliphatic heterocycles. The lowest BCUT2D eigenvalue weighted by atomic mass is 9.83. The second kappa shape index (κ2) is 12.3. The minimum absolute atomic E-state index is 0.00125. The van der Waals surface area contributed by atoms with E-state index in [2.05, 4.69) is 0 Å². The van der Waals surface area contributed by atoms with Crippen LogP contribution < -0.4 is 14.2 Å². The van der Waals surface area contributed by atoms with Crippen molar-refractivity contribution in [1.29, 1.82) is 0 Å². The molecule has 0 spiro atoms. The maximum Gasteiger partial charge on any atom is 0.205 e. The first-order chi connectivity index (χ1) is 20.0. The van der Waals surface area contributed by atoms with Gasteiger partial charge in [0.2, 0.25) is 6.29 Å². The monoisotopic (exact) mass is 592 g/mol. The highest BCUT2D eigenvalue weighted by atomic mass is 16.7. The second-order valence-corrected chi connectivity index (χ2v) is 10.9. The number of Topliss-reactive ketones (excluding diaryl/α,β-unsaturated/α-hetero) is 1. The molecular formula is C29H36O13. The molecule has 13 heteroatoms. The normalized spacial score (nSPS) is 36.6. The summed E-state index contributed by atoms with van der Waals surface area (Å²) in [6.45, 7) is 0.869. The zero-order valence-corrected chi connectivity index (χ0v) is 23.0. The summed E-state index contributed by atoms with van der Waals surface area (Å²) < 4.78 is 28.7. The largest absolute Gasteiger partial charge is 0.507 e. The summed E-state index contributed by atoms with van der Waals surface area (Å²) in [5.41, 5.74) is 0.698. The van der Waals surface area contributed by atoms with Crippen molar-refractivity contribution in [1.82, 2.24) is 0 Å². The van der Waals surface area contributed by atoms with Crippen molar-refractivity contribution in [2.45, 2.75) is 81.0 Å². The lowest BCUT2D eigenvalue weighted by molar-refractivity contribution is -0.276. The molecule has 7 N–H and O–H groups in total. The lowest BCUT2D eigenvalue weighted by Gasteiger charge is -2.45. The van der Waals surface area contributed by atoms with Crippen LogP contribution in [0.2, 0.25) is 0 Å². The van der Waals surface area contributed by atoms with Gasteiger partial charge >= 0.3 is 0 Å². The van der Waals surface area contributed by atoms with E-state index in [1.807, 2.05) is 0 Å². The second-order valence-electron chi connectivity index (χ2n) is 10.9. The van der Waals surface area contributed by atoms with Crippen LogP contribution in [-0.4, -0.2) is 110 Å². The zero-order valence-electron chi connectivity index (χ0n) is 23.0. The van der Waals surface area contributed by atoms with Gasteiger partial charge in [-0.05, 0) is 31.0 Å². The van der Waals surface area contributed by atoms with Gasteiger partial charge in [0.25, 0.3) is 0 Å². The van der Waals surface area contributed by atoms with Crippen molar-refractivity contribution < 1.29 is 64.2 Å². The molecule has 230 valence electrons. The standard InChI is InChI=1S/C29H36O13/c1-12-24(33)28(37)26(35)21(39-12)9-16-25(34)27(36)22(11-30)42-29(16)40-15-7-17(31)23-18(32)10-19(41-20(23)8-15)13-3-5-14(38-2)6-4-13/h3-8,12,16,19,21-22,24-31,33-37H,9-11H2,1-2H3/t12-,16+,19-,21-,22+,24-,25+,26-,27+,28+,29+/m0/s1. The minimum atomic E-state index is -1.52. The Morgan fingerprint density at radius 3 is 2.24 bits per heavy atom. The van der Waals surface area contributed by atoms with Crippen molar-refractivity contribution in [3.05, 3.63) is 47.5 Å². The van der Waals surface area contributed by atoms with Crippen LogP contribution in [0.3, 0.4) is 0 Å². The Hall–Kier alpha value is -3.01. The number of carbonyl (C=O) groups excluding carboxylic acids is 1. The number of aliphatic hydroxyl groups excluding tert-OH is 6. The first kappa shape index (κ1) is 30.4. The van der Waals surface area contributed by atoms with Crippen LogP contribution in [0.1, 0.15) is 41.8 Å². The van der Waals surface area contributed by atoms with Gasteiger partial charge in [-0.2, -0.15) is 0 Å². The third-order valence-corrected chi connectivity index (χ3v) is 8.18. The molecule has 11 atom stereocenters. The smallest absolute Gasteiger partial charge is 0.205 e. The topological polar surface area (TPSA) is 205 Å². The van der Waals surface area contributed by atoms with E-state index in [0.29, 0.717) is 11.3 Å². The SMILES string of the molecule is COc1ccc([C@@H]2CC(=O)c3c(O)cc(O[C@@H]4O[C@H](CO)[C@@H](O)[C@H](O)[C@H]4C[C@@H]4O[C@@H](C)[C@H](O)[C@@H](O)[C@H]4O)cc3O2)cc1. The highest BCUT2D eigenvalue weighted by Crippen LogP contribution is 2.43. The molecule has 0 bridgehead atoms. The van der Waals surface area contributed by atoms with Gasteiger partial charge in [-0.25, -0.2) is 0 Å². The fraction of sp³-hybridized carbons (Fsp3) is 0.552. The molecule has 0 amide bonds. The number of fused-ring (bicyclic) bond motifs is 1. The Labute approximate surface area is 241 Å². The average Bonchev–Trinajstić information content (AvgIpc) is 2.97. The molecule has 42 heavy (non-hydrogen) atoms. The zero-order chi connectivity index (χ0) is 30.3. The van der Waals surface area contributed by atoms with Crippen molar-refractivity contribution in [2.75, 3.05) is 13.7 Å². The lowest BCUT2D eigenvalue weighted by Crippen LogP contribution is -2.61. The number of phenolic OH excluding ortho intramolecular Hbond substituents is 1. The van der Waals surface area contributed by atoms with Crippen LogP contribution in [0.15, 0.2) is 36.4 Å². The van der Waals surface area contributed by atoms with Crippen LogP contribution in [0, 0.1) is 5.92 Å². The Balaban J connectivity index is 1.40. The van der Waals surface area contributed by atoms with E-state index >= 15 is 0 Å². The van der Waals surface area contributed by atoms with Crippen molar-refractivity contribution >= 4 is 5.78 Å². The van der Waals surface area contributed by atoms with Gasteiger partial charge in [-0.1, -0.05) is 12.1 Å². The van der Waals surface area contributed by atoms with Gasteiger partial charge in [0, 0.05) is 12.1 Å². The van der Waals surface area contributed by atoms with Crippen LogP contribution in [0.5, 0.6) is 23.0 Å². The molecule has 13 nitrogen and oxygen atoms in total. The average molecular weight is 593 g/mol. The first-order valence-electron chi connectivity index (χ1n) is 13.7. The third-order valence-electron chi connectivity index (χ3n) is 8.18. The molecule has 2 saturated heterocycles. The maximum atomic E-state index is 13.0. The summed E-state index contributed by atoms with van der Waals surface area (Å²) in [4.78, 5) is 13.0. The highest BCUT2D eigenvalue weighted by molar-refractivity contribution is 6.02. The molecule has 2 aromatic rings. The Kier molecular flexibility index (Phi) is 8.92. The molecule has 0 radical (unpaired) electrons. The molecule has 0 unspecified atom stereocenters. The molecule has 0 aliphatic carbocycles. The van der Waals surface area contributed by atoms with E-state index in [9.17, 15) is 40.5 Å². The number of aliphatic hydroxyl groups is 6. The first-order valence-corrected chi connectivity index (χ1v) is 13.7. The summed E-state index contributed by atoms with van der Waals surface area (Å²) in [5.74, 6) is -1.11. The van der Waals surface area contributed by atoms with Crippen molar-refractivity contribution in [3.63, 3.8) is 0 Å². The van der Waals surface area contributed by atoms with Crippen molar-refractivity contribution in [2.24, 2.45) is 5.92 Å². The van der Waals surface area contributed by atoms with Crippen LogP contribution in [-0.2, 0) is 9.47 Å². The fourth-order valence-corrected chi connectivity index (χ4v) is 5.73. The summed E-state index contributed by atoms with van der Waals surface area (Å²) in [7, 11) is 1.54. The number of carbonyl (C=O) groups is 1. The van der Waals surface area contributed by atoms with Gasteiger partial charge in [-0.3, -0.25) is 4.79 Å². The van der Waals surface area contributed by atoms with Crippen molar-refractivity contribution in [3.8, 4) is 23.0 Å². The molecule has 5 rings (SSSR count). The number of ketones is 1. The fourth-order valence-electron chi connectivity index (χ4n) is 5.73. The molecule has 0 saturated carbocycles. The molecular weight excluding hydrogens is 556 g/mol. The van der Waals surface area contributed by atoms with E-state index in [0.717, 1.165) is 0 Å². The van der Waals surface area contributed by atoms with E-state index in [4.69, 9.17) is 23.7 Å². The van der Waals surface area contributed by atoms with Gasteiger partial charge in [0.05, 0.1) is 44.4 Å². The summed E-state index contributed by atoms with van der Waals surface area (Å²) >= 11 is 0. The summed E-state index contributed by atoms with van der Waals surface area (Å²) in [6, 6.07) is 9.59. The number of hydrogen-bond donors (Lipinski definition) is 7.